The summed E-state index contributed by atoms with van der Waals surface area (Å²) in [6.07, 6.45) is 2.79. The maximum absolute atomic E-state index is 5.45. The topological polar surface area (TPSA) is 44.8 Å². The number of hydrogen-bond acceptors (Lipinski definition) is 2. The molecule has 0 unspecified atom stereocenters. The van der Waals surface area contributed by atoms with Gasteiger partial charge in [-0.25, -0.2) is 4.98 Å². The minimum atomic E-state index is 0. The number of aromatic nitrogens is 4. The van der Waals surface area contributed by atoms with Gasteiger partial charge in [0.1, 0.15) is 5.65 Å². The van der Waals surface area contributed by atoms with Crippen molar-refractivity contribution in [1.29, 1.82) is 0 Å². The molecule has 5 heteroatoms. The summed E-state index contributed by atoms with van der Waals surface area (Å²) in [5, 5.41) is 4.57. The standard InChI is InChI=1S/C50H36N4.Pt/c1-32(2)25-33-26-46(37-17-11-18-39(28-37)54-48-21-10-9-19-40(48)41-20-12-24-51-50(41)54)52-47(27-33)44-31-38(35-15-7-4-8-16-35)30-43-42-29-36(34-13-5-3-6-14-34)22-23-45(42)53-49(43)44;/h3-24,26-27,29-32H,25H2,1-2H3;/q-2;+2. The smallest absolute Gasteiger partial charge is 0.656 e. The van der Waals surface area contributed by atoms with Crippen LogP contribution in [0.2, 0.25) is 0 Å². The molecule has 4 nitrogen and oxygen atoms in total. The Morgan fingerprint density at radius 2 is 1.31 bits per heavy atom. The van der Waals surface area contributed by atoms with E-state index in [1.165, 1.54) is 22.1 Å². The van der Waals surface area contributed by atoms with Crippen LogP contribution in [-0.4, -0.2) is 14.5 Å². The van der Waals surface area contributed by atoms with Gasteiger partial charge < -0.3 is 9.55 Å². The van der Waals surface area contributed by atoms with Gasteiger partial charge in [0.2, 0.25) is 0 Å². The minimum Gasteiger partial charge on any atom is -0.656 e. The molecule has 0 radical (unpaired) electrons. The van der Waals surface area contributed by atoms with E-state index in [4.69, 9.17) is 15.0 Å². The van der Waals surface area contributed by atoms with Crippen LogP contribution in [0.1, 0.15) is 19.4 Å². The Morgan fingerprint density at radius 3 is 2.11 bits per heavy atom. The fourth-order valence-corrected chi connectivity index (χ4v) is 7.96. The molecule has 0 bridgehead atoms. The molecular weight excluding hydrogens is 852 g/mol. The SMILES string of the molecule is CC(C)Cc1cc(-c2[c-]c(-n3c4ccccc4c4cccnc43)ccc2)nc(-c2cc(-c3ccccc3)cc3c2[n-]c2ccc(-c4ccccc4)cc23)c1.[Pt+2]. The van der Waals surface area contributed by atoms with Crippen molar-refractivity contribution in [3.05, 3.63) is 176 Å². The van der Waals surface area contributed by atoms with Crippen molar-refractivity contribution in [3.8, 4) is 50.5 Å². The van der Waals surface area contributed by atoms with E-state index >= 15 is 0 Å². The van der Waals surface area contributed by atoms with Gasteiger partial charge in [-0.15, -0.1) is 40.9 Å². The average molecular weight is 888 g/mol. The number of para-hydroxylation sites is 1. The Labute approximate surface area is 334 Å². The third-order valence-corrected chi connectivity index (χ3v) is 10.4. The molecule has 55 heavy (non-hydrogen) atoms. The zero-order valence-electron chi connectivity index (χ0n) is 30.5. The summed E-state index contributed by atoms with van der Waals surface area (Å²) in [5.41, 5.74) is 14.6. The van der Waals surface area contributed by atoms with E-state index in [1.807, 2.05) is 12.3 Å². The molecule has 0 fully saturated rings. The molecule has 10 rings (SSSR count). The summed E-state index contributed by atoms with van der Waals surface area (Å²) in [6, 6.07) is 59.6. The zero-order valence-corrected chi connectivity index (χ0v) is 32.8. The van der Waals surface area contributed by atoms with Gasteiger partial charge in [0.05, 0.1) is 11.2 Å². The number of nitrogens with zero attached hydrogens (tertiary/aromatic N) is 4. The summed E-state index contributed by atoms with van der Waals surface area (Å²) < 4.78 is 2.21. The van der Waals surface area contributed by atoms with Crippen LogP contribution in [0.15, 0.2) is 164 Å². The monoisotopic (exact) mass is 887 g/mol. The van der Waals surface area contributed by atoms with Crippen molar-refractivity contribution in [3.63, 3.8) is 0 Å². The summed E-state index contributed by atoms with van der Waals surface area (Å²) in [4.78, 5) is 15.6. The Balaban J connectivity index is 0.00000397. The summed E-state index contributed by atoms with van der Waals surface area (Å²) in [7, 11) is 0. The summed E-state index contributed by atoms with van der Waals surface area (Å²) in [6.45, 7) is 4.54. The zero-order chi connectivity index (χ0) is 36.2. The van der Waals surface area contributed by atoms with Gasteiger partial charge in [-0.05, 0) is 105 Å². The van der Waals surface area contributed by atoms with E-state index in [9.17, 15) is 0 Å². The minimum absolute atomic E-state index is 0. The first-order chi connectivity index (χ1) is 26.6. The number of fused-ring (bicyclic) bond motifs is 6. The van der Waals surface area contributed by atoms with E-state index < -0.39 is 0 Å². The van der Waals surface area contributed by atoms with Gasteiger partial charge in [-0.1, -0.05) is 116 Å². The molecule has 10 aromatic rings. The van der Waals surface area contributed by atoms with Crippen molar-refractivity contribution in [2.75, 3.05) is 0 Å². The quantitative estimate of drug-likeness (QED) is 0.150. The Hall–Kier alpha value is -6.09. The van der Waals surface area contributed by atoms with Gasteiger partial charge in [0.25, 0.3) is 0 Å². The van der Waals surface area contributed by atoms with Crippen LogP contribution >= 0.6 is 0 Å². The Kier molecular flexibility index (Phi) is 9.00. The molecule has 4 heterocycles. The first-order valence-corrected chi connectivity index (χ1v) is 18.6. The molecule has 0 aliphatic heterocycles. The van der Waals surface area contributed by atoms with E-state index in [2.05, 4.69) is 176 Å². The summed E-state index contributed by atoms with van der Waals surface area (Å²) in [5.74, 6) is 0.471. The molecule has 0 saturated heterocycles. The first kappa shape index (κ1) is 34.7. The number of pyridine rings is 2. The molecule has 0 atom stereocenters. The van der Waals surface area contributed by atoms with Crippen LogP contribution in [0.4, 0.5) is 0 Å². The predicted octanol–water partition coefficient (Wildman–Crippen LogP) is 12.5. The van der Waals surface area contributed by atoms with Crippen LogP contribution in [0.3, 0.4) is 0 Å². The van der Waals surface area contributed by atoms with E-state index in [-0.39, 0.29) is 21.1 Å². The largest absolute Gasteiger partial charge is 2.00 e. The average Bonchev–Trinajstić information content (AvgIpc) is 3.76. The van der Waals surface area contributed by atoms with Crippen molar-refractivity contribution in [2.24, 2.45) is 5.92 Å². The van der Waals surface area contributed by atoms with Gasteiger partial charge in [0.15, 0.2) is 0 Å². The second-order valence-electron chi connectivity index (χ2n) is 14.5. The van der Waals surface area contributed by atoms with Gasteiger partial charge in [-0.3, -0.25) is 4.98 Å². The number of hydrogen-bond donors (Lipinski definition) is 0. The third kappa shape index (κ3) is 6.27. The van der Waals surface area contributed by atoms with Crippen LogP contribution in [-0.2, 0) is 27.5 Å². The molecule has 0 saturated carbocycles. The molecule has 4 aromatic heterocycles. The predicted molar refractivity (Wildman–Crippen MR) is 224 cm³/mol. The van der Waals surface area contributed by atoms with E-state index in [0.29, 0.717) is 5.92 Å². The molecule has 266 valence electrons. The molecule has 0 spiro atoms. The van der Waals surface area contributed by atoms with E-state index in [0.717, 1.165) is 84.1 Å². The van der Waals surface area contributed by atoms with Crippen LogP contribution in [0.5, 0.6) is 0 Å². The van der Waals surface area contributed by atoms with Crippen molar-refractivity contribution in [1.82, 2.24) is 19.5 Å². The van der Waals surface area contributed by atoms with Crippen LogP contribution < -0.4 is 4.98 Å². The van der Waals surface area contributed by atoms with Gasteiger partial charge in [0, 0.05) is 17.0 Å². The normalized spacial score (nSPS) is 11.5. The summed E-state index contributed by atoms with van der Waals surface area (Å²) >= 11 is 0. The van der Waals surface area contributed by atoms with Crippen LogP contribution in [0, 0.1) is 12.0 Å². The molecule has 0 amide bonds. The van der Waals surface area contributed by atoms with Gasteiger partial charge >= 0.3 is 21.1 Å². The maximum Gasteiger partial charge on any atom is 2.00 e. The fourth-order valence-electron chi connectivity index (χ4n) is 7.96. The first-order valence-electron chi connectivity index (χ1n) is 18.6. The Bertz CT molecular complexity index is 2940. The molecular formula is C50H36N4Pt. The third-order valence-electron chi connectivity index (χ3n) is 10.4. The number of rotatable bonds is 7. The van der Waals surface area contributed by atoms with Crippen molar-refractivity contribution in [2.45, 2.75) is 20.3 Å². The van der Waals surface area contributed by atoms with Crippen molar-refractivity contribution >= 4 is 43.7 Å². The second-order valence-corrected chi connectivity index (χ2v) is 14.5. The Morgan fingerprint density at radius 1 is 0.600 bits per heavy atom. The molecule has 6 aromatic carbocycles. The number of benzene rings is 6. The van der Waals surface area contributed by atoms with Crippen LogP contribution in [0.25, 0.3) is 94.2 Å². The second kappa shape index (κ2) is 14.3. The van der Waals surface area contributed by atoms with Gasteiger partial charge in [-0.2, -0.15) is 0 Å². The molecule has 0 N–H and O–H groups in total. The van der Waals surface area contributed by atoms with E-state index in [1.54, 1.807) is 0 Å². The molecule has 0 aliphatic carbocycles. The molecule has 0 aliphatic rings. The fraction of sp³-hybridized carbons (Fsp3) is 0.0800. The van der Waals surface area contributed by atoms with Crippen molar-refractivity contribution < 1.29 is 21.1 Å². The maximum atomic E-state index is 5.45.